The highest BCUT2D eigenvalue weighted by Crippen LogP contribution is 2.22. The molecule has 1 rings (SSSR count). The minimum Gasteiger partial charge on any atom is -0.495 e. The van der Waals surface area contributed by atoms with Crippen molar-refractivity contribution in [1.29, 1.82) is 0 Å². The number of sulfone groups is 1. The summed E-state index contributed by atoms with van der Waals surface area (Å²) in [7, 11) is -1.47. The molecule has 2 N–H and O–H groups in total. The van der Waals surface area contributed by atoms with Gasteiger partial charge in [-0.05, 0) is 12.1 Å². The van der Waals surface area contributed by atoms with Gasteiger partial charge in [0.25, 0.3) is 0 Å². The summed E-state index contributed by atoms with van der Waals surface area (Å²) in [6.07, 6.45) is 0. The molecule has 112 valence electrons. The fourth-order valence-corrected chi connectivity index (χ4v) is 2.26. The molecule has 0 aromatic heterocycles. The summed E-state index contributed by atoms with van der Waals surface area (Å²) in [6.45, 7) is 1.91. The van der Waals surface area contributed by atoms with Gasteiger partial charge in [0.2, 0.25) is 5.91 Å². The van der Waals surface area contributed by atoms with E-state index in [2.05, 4.69) is 10.6 Å². The molecule has 1 amide bonds. The predicted molar refractivity (Wildman–Crippen MR) is 78.8 cm³/mol. The van der Waals surface area contributed by atoms with Crippen molar-refractivity contribution in [3.8, 4) is 5.75 Å². The minimum absolute atomic E-state index is 0.0332. The zero-order valence-corrected chi connectivity index (χ0v) is 12.5. The van der Waals surface area contributed by atoms with Crippen LogP contribution in [0.5, 0.6) is 5.75 Å². The van der Waals surface area contributed by atoms with Gasteiger partial charge in [0.1, 0.15) is 5.75 Å². The number of hydrogen-bond acceptors (Lipinski definition) is 5. The zero-order chi connectivity index (χ0) is 15.0. The van der Waals surface area contributed by atoms with Crippen molar-refractivity contribution in [2.45, 2.75) is 6.92 Å². The van der Waals surface area contributed by atoms with E-state index in [1.165, 1.54) is 7.11 Å². The second-order valence-electron chi connectivity index (χ2n) is 4.16. The summed E-state index contributed by atoms with van der Waals surface area (Å²) < 4.78 is 27.6. The largest absolute Gasteiger partial charge is 0.495 e. The Morgan fingerprint density at radius 1 is 1.30 bits per heavy atom. The number of carbonyl (C=O) groups excluding carboxylic acids is 1. The van der Waals surface area contributed by atoms with Crippen LogP contribution in [0.2, 0.25) is 0 Å². The number of methoxy groups -OCH3 is 1. The van der Waals surface area contributed by atoms with E-state index in [4.69, 9.17) is 4.74 Å². The second-order valence-corrected chi connectivity index (χ2v) is 6.63. The van der Waals surface area contributed by atoms with E-state index in [0.29, 0.717) is 11.4 Å². The lowest BCUT2D eigenvalue weighted by Gasteiger charge is -2.10. The van der Waals surface area contributed by atoms with E-state index < -0.39 is 9.84 Å². The topological polar surface area (TPSA) is 84.5 Å². The van der Waals surface area contributed by atoms with Gasteiger partial charge in [0, 0.05) is 12.3 Å². The number of rotatable bonds is 8. The SMILES string of the molecule is CCS(=O)(=O)CCNCC(=O)Nc1ccccc1OC. The van der Waals surface area contributed by atoms with Gasteiger partial charge in [-0.3, -0.25) is 4.79 Å². The molecule has 20 heavy (non-hydrogen) atoms. The smallest absolute Gasteiger partial charge is 0.238 e. The molecule has 7 heteroatoms. The summed E-state index contributed by atoms with van der Waals surface area (Å²) in [5, 5.41) is 5.50. The maximum atomic E-state index is 11.7. The van der Waals surface area contributed by atoms with Crippen LogP contribution in [-0.2, 0) is 14.6 Å². The highest BCUT2D eigenvalue weighted by atomic mass is 32.2. The van der Waals surface area contributed by atoms with Crippen molar-refractivity contribution < 1.29 is 17.9 Å². The van der Waals surface area contributed by atoms with E-state index in [0.717, 1.165) is 0 Å². The Bertz CT molecular complexity index is 543. The van der Waals surface area contributed by atoms with Crippen molar-refractivity contribution in [3.63, 3.8) is 0 Å². The first-order valence-corrected chi connectivity index (χ1v) is 8.14. The fourth-order valence-electron chi connectivity index (χ4n) is 1.52. The molecular formula is C13H20N2O4S. The Kier molecular flexibility index (Phi) is 6.47. The van der Waals surface area contributed by atoms with Gasteiger partial charge in [-0.1, -0.05) is 19.1 Å². The lowest BCUT2D eigenvalue weighted by Crippen LogP contribution is -2.32. The number of para-hydroxylation sites is 2. The number of amides is 1. The van der Waals surface area contributed by atoms with Crippen LogP contribution in [0.1, 0.15) is 6.92 Å². The second kappa shape index (κ2) is 7.86. The molecule has 0 aliphatic rings. The third-order valence-corrected chi connectivity index (χ3v) is 4.40. The number of benzene rings is 1. The Morgan fingerprint density at radius 2 is 2.00 bits per heavy atom. The highest BCUT2D eigenvalue weighted by Gasteiger charge is 2.09. The minimum atomic E-state index is -3.00. The molecule has 0 atom stereocenters. The van der Waals surface area contributed by atoms with Crippen molar-refractivity contribution in [2.24, 2.45) is 0 Å². The molecule has 0 saturated heterocycles. The molecule has 0 heterocycles. The highest BCUT2D eigenvalue weighted by molar-refractivity contribution is 7.91. The third-order valence-electron chi connectivity index (χ3n) is 2.70. The lowest BCUT2D eigenvalue weighted by molar-refractivity contribution is -0.115. The fraction of sp³-hybridized carbons (Fsp3) is 0.462. The van der Waals surface area contributed by atoms with Gasteiger partial charge in [-0.25, -0.2) is 8.42 Å². The summed E-state index contributed by atoms with van der Waals surface area (Å²) in [5.41, 5.74) is 0.586. The van der Waals surface area contributed by atoms with Crippen LogP contribution < -0.4 is 15.4 Å². The van der Waals surface area contributed by atoms with Crippen LogP contribution in [0.25, 0.3) is 0 Å². The van der Waals surface area contributed by atoms with Crippen LogP contribution in [0.15, 0.2) is 24.3 Å². The van der Waals surface area contributed by atoms with Gasteiger partial charge >= 0.3 is 0 Å². The Morgan fingerprint density at radius 3 is 2.65 bits per heavy atom. The van der Waals surface area contributed by atoms with E-state index in [1.54, 1.807) is 25.1 Å². The summed E-state index contributed by atoms with van der Waals surface area (Å²) in [5.74, 6) is 0.478. The quantitative estimate of drug-likeness (QED) is 0.689. The van der Waals surface area contributed by atoms with Gasteiger partial charge in [-0.15, -0.1) is 0 Å². The summed E-state index contributed by atoms with van der Waals surface area (Å²) in [4.78, 5) is 11.7. The van der Waals surface area contributed by atoms with Crippen LogP contribution >= 0.6 is 0 Å². The van der Waals surface area contributed by atoms with Gasteiger partial charge < -0.3 is 15.4 Å². The molecule has 0 aliphatic heterocycles. The number of carbonyl (C=O) groups is 1. The molecule has 0 unspecified atom stereocenters. The first-order valence-electron chi connectivity index (χ1n) is 6.32. The van der Waals surface area contributed by atoms with E-state index in [-0.39, 0.29) is 30.5 Å². The molecule has 1 aromatic rings. The Hall–Kier alpha value is -1.60. The van der Waals surface area contributed by atoms with Gasteiger partial charge in [-0.2, -0.15) is 0 Å². The maximum absolute atomic E-state index is 11.7. The van der Waals surface area contributed by atoms with Crippen LogP contribution in [0.3, 0.4) is 0 Å². The average molecular weight is 300 g/mol. The first kappa shape index (κ1) is 16.5. The number of nitrogens with one attached hydrogen (secondary N) is 2. The van der Waals surface area contributed by atoms with Crippen molar-refractivity contribution >= 4 is 21.4 Å². The third kappa shape index (κ3) is 5.58. The number of anilines is 1. The van der Waals surface area contributed by atoms with Crippen LogP contribution in [0.4, 0.5) is 5.69 Å². The van der Waals surface area contributed by atoms with Gasteiger partial charge in [0.05, 0.1) is 25.1 Å². The lowest BCUT2D eigenvalue weighted by atomic mass is 10.3. The monoisotopic (exact) mass is 300 g/mol. The number of ether oxygens (including phenoxy) is 1. The molecule has 1 aromatic carbocycles. The molecule has 0 radical (unpaired) electrons. The normalized spacial score (nSPS) is 11.1. The molecule has 0 bridgehead atoms. The van der Waals surface area contributed by atoms with E-state index >= 15 is 0 Å². The standard InChI is InChI=1S/C13H20N2O4S/c1-3-20(17,18)9-8-14-10-13(16)15-11-6-4-5-7-12(11)19-2/h4-7,14H,3,8-10H2,1-2H3,(H,15,16). The molecule has 0 aliphatic carbocycles. The predicted octanol–water partition coefficient (Wildman–Crippen LogP) is 0.658. The summed E-state index contributed by atoms with van der Waals surface area (Å²) in [6, 6.07) is 7.08. The average Bonchev–Trinajstić information content (AvgIpc) is 2.44. The molecule has 6 nitrogen and oxygen atoms in total. The molecule has 0 fully saturated rings. The Balaban J connectivity index is 2.37. The van der Waals surface area contributed by atoms with Crippen molar-refractivity contribution in [1.82, 2.24) is 5.32 Å². The first-order chi connectivity index (χ1) is 9.48. The molecular weight excluding hydrogens is 280 g/mol. The zero-order valence-electron chi connectivity index (χ0n) is 11.7. The molecule has 0 spiro atoms. The maximum Gasteiger partial charge on any atom is 0.238 e. The van der Waals surface area contributed by atoms with Crippen LogP contribution in [0, 0.1) is 0 Å². The molecule has 0 saturated carbocycles. The van der Waals surface area contributed by atoms with E-state index in [1.807, 2.05) is 6.07 Å². The van der Waals surface area contributed by atoms with Crippen molar-refractivity contribution in [3.05, 3.63) is 24.3 Å². The van der Waals surface area contributed by atoms with Crippen LogP contribution in [-0.4, -0.2) is 46.0 Å². The Labute approximate surface area is 119 Å². The van der Waals surface area contributed by atoms with Gasteiger partial charge in [0.15, 0.2) is 9.84 Å². The summed E-state index contributed by atoms with van der Waals surface area (Å²) >= 11 is 0. The number of hydrogen-bond donors (Lipinski definition) is 2. The van der Waals surface area contributed by atoms with Crippen molar-refractivity contribution in [2.75, 3.05) is 37.0 Å². The van der Waals surface area contributed by atoms with E-state index in [9.17, 15) is 13.2 Å².